The maximum atomic E-state index is 12.8. The van der Waals surface area contributed by atoms with E-state index < -0.39 is 18.8 Å². The van der Waals surface area contributed by atoms with Crippen LogP contribution in [0.3, 0.4) is 0 Å². The standard InChI is InChI=1S/C16H19F3IN3O/c1-22-6-5-14(24)12(8-22)21-11-3-2-4-13-10(11)7-15(20)23(13)9-16(17,18)19/h2-4,7,12,14,21,24H,5-6,8-9H2,1H3. The predicted octanol–water partition coefficient (Wildman–Crippen LogP) is 3.29. The van der Waals surface area contributed by atoms with Gasteiger partial charge in [-0.1, -0.05) is 6.07 Å². The molecule has 8 heteroatoms. The molecule has 1 aromatic heterocycles. The molecule has 0 spiro atoms. The number of nitrogens with zero attached hydrogens (tertiary/aromatic N) is 2. The van der Waals surface area contributed by atoms with Crippen LogP contribution in [0.5, 0.6) is 0 Å². The first kappa shape index (κ1) is 17.8. The highest BCUT2D eigenvalue weighted by molar-refractivity contribution is 14.1. The third-order valence-corrected chi connectivity index (χ3v) is 5.25. The molecule has 1 aliphatic heterocycles. The molecule has 2 N–H and O–H groups in total. The highest BCUT2D eigenvalue weighted by atomic mass is 127. The topological polar surface area (TPSA) is 40.4 Å². The lowest BCUT2D eigenvalue weighted by molar-refractivity contribution is -0.140. The summed E-state index contributed by atoms with van der Waals surface area (Å²) in [5.41, 5.74) is 1.30. The van der Waals surface area contributed by atoms with Gasteiger partial charge in [0.2, 0.25) is 0 Å². The van der Waals surface area contributed by atoms with E-state index in [2.05, 4.69) is 10.2 Å². The molecule has 24 heavy (non-hydrogen) atoms. The van der Waals surface area contributed by atoms with Crippen LogP contribution in [-0.2, 0) is 6.54 Å². The van der Waals surface area contributed by atoms with Gasteiger partial charge in [-0.2, -0.15) is 13.2 Å². The monoisotopic (exact) mass is 453 g/mol. The van der Waals surface area contributed by atoms with E-state index >= 15 is 0 Å². The van der Waals surface area contributed by atoms with Crippen LogP contribution >= 0.6 is 22.6 Å². The summed E-state index contributed by atoms with van der Waals surface area (Å²) < 4.78 is 40.3. The number of aromatic nitrogens is 1. The fraction of sp³-hybridized carbons (Fsp3) is 0.500. The molecule has 0 saturated carbocycles. The van der Waals surface area contributed by atoms with Gasteiger partial charge in [0, 0.05) is 24.2 Å². The van der Waals surface area contributed by atoms with Gasteiger partial charge in [-0.15, -0.1) is 0 Å². The second-order valence-corrected chi connectivity index (χ2v) is 7.38. The lowest BCUT2D eigenvalue weighted by Crippen LogP contribution is -2.48. The molecule has 0 aliphatic carbocycles. The average molecular weight is 453 g/mol. The summed E-state index contributed by atoms with van der Waals surface area (Å²) in [7, 11) is 1.99. The number of benzene rings is 1. The Morgan fingerprint density at radius 3 is 2.83 bits per heavy atom. The van der Waals surface area contributed by atoms with Crippen molar-refractivity contribution in [2.45, 2.75) is 31.3 Å². The van der Waals surface area contributed by atoms with Crippen LogP contribution in [-0.4, -0.2) is 53.0 Å². The van der Waals surface area contributed by atoms with Crippen LogP contribution < -0.4 is 5.32 Å². The van der Waals surface area contributed by atoms with E-state index in [4.69, 9.17) is 0 Å². The van der Waals surface area contributed by atoms with Gasteiger partial charge in [0.15, 0.2) is 0 Å². The first-order chi connectivity index (χ1) is 11.2. The zero-order valence-corrected chi connectivity index (χ0v) is 15.3. The van der Waals surface area contributed by atoms with Crippen molar-refractivity contribution in [2.24, 2.45) is 0 Å². The summed E-state index contributed by atoms with van der Waals surface area (Å²) in [4.78, 5) is 2.13. The number of fused-ring (bicyclic) bond motifs is 1. The Labute approximate surface area is 151 Å². The maximum absolute atomic E-state index is 12.8. The molecule has 4 nitrogen and oxygen atoms in total. The quantitative estimate of drug-likeness (QED) is 0.702. The predicted molar refractivity (Wildman–Crippen MR) is 96.2 cm³/mol. The summed E-state index contributed by atoms with van der Waals surface area (Å²) in [5, 5.41) is 14.2. The first-order valence-electron chi connectivity index (χ1n) is 7.72. The number of halogens is 4. The van der Waals surface area contributed by atoms with Crippen molar-refractivity contribution in [3.8, 4) is 0 Å². The van der Waals surface area contributed by atoms with E-state index in [-0.39, 0.29) is 6.04 Å². The molecule has 0 bridgehead atoms. The molecule has 0 radical (unpaired) electrons. The van der Waals surface area contributed by atoms with Gasteiger partial charge in [-0.25, -0.2) is 0 Å². The van der Waals surface area contributed by atoms with Crippen LogP contribution in [0, 0.1) is 3.70 Å². The van der Waals surface area contributed by atoms with E-state index in [9.17, 15) is 18.3 Å². The lowest BCUT2D eigenvalue weighted by Gasteiger charge is -2.35. The Bertz CT molecular complexity index is 731. The third kappa shape index (κ3) is 3.80. The number of piperidine rings is 1. The second kappa shape index (κ2) is 6.72. The van der Waals surface area contributed by atoms with Crippen LogP contribution in [0.4, 0.5) is 18.9 Å². The number of aliphatic hydroxyl groups is 1. The van der Waals surface area contributed by atoms with Gasteiger partial charge in [-0.3, -0.25) is 0 Å². The average Bonchev–Trinajstić information content (AvgIpc) is 2.79. The molecule has 3 rings (SSSR count). The number of nitrogens with one attached hydrogen (secondary N) is 1. The molecule has 2 heterocycles. The van der Waals surface area contributed by atoms with Crippen molar-refractivity contribution < 1.29 is 18.3 Å². The largest absolute Gasteiger partial charge is 0.406 e. The SMILES string of the molecule is CN1CCC(O)C(Nc2cccc3c2cc(I)n3CC(F)(F)F)C1. The van der Waals surface area contributed by atoms with E-state index in [1.807, 2.05) is 35.7 Å². The fourth-order valence-electron chi connectivity index (χ4n) is 3.16. The molecular formula is C16H19F3IN3O. The normalized spacial score (nSPS) is 22.9. The van der Waals surface area contributed by atoms with Crippen molar-refractivity contribution in [2.75, 3.05) is 25.5 Å². The number of likely N-dealkylation sites (N-methyl/N-ethyl adjacent to an activating group) is 1. The second-order valence-electron chi connectivity index (χ2n) is 6.28. The minimum atomic E-state index is -4.27. The van der Waals surface area contributed by atoms with Gasteiger partial charge < -0.3 is 19.9 Å². The zero-order valence-electron chi connectivity index (χ0n) is 13.1. The summed E-state index contributed by atoms with van der Waals surface area (Å²) in [6.07, 6.45) is -4.05. The van der Waals surface area contributed by atoms with Crippen molar-refractivity contribution in [1.82, 2.24) is 9.47 Å². The zero-order chi connectivity index (χ0) is 17.5. The lowest BCUT2D eigenvalue weighted by atomic mass is 10.0. The van der Waals surface area contributed by atoms with Gasteiger partial charge in [0.25, 0.3) is 0 Å². The Balaban J connectivity index is 1.93. The highest BCUT2D eigenvalue weighted by Crippen LogP contribution is 2.31. The van der Waals surface area contributed by atoms with Crippen LogP contribution in [0.25, 0.3) is 10.9 Å². The molecule has 2 atom stereocenters. The molecular weight excluding hydrogens is 434 g/mol. The third-order valence-electron chi connectivity index (χ3n) is 4.35. The minimum Gasteiger partial charge on any atom is -0.391 e. The summed E-state index contributed by atoms with van der Waals surface area (Å²) in [6, 6.07) is 6.89. The Morgan fingerprint density at radius 1 is 1.38 bits per heavy atom. The fourth-order valence-corrected chi connectivity index (χ4v) is 3.90. The number of rotatable bonds is 3. The molecule has 132 valence electrons. The van der Waals surface area contributed by atoms with E-state index in [1.54, 1.807) is 18.2 Å². The van der Waals surface area contributed by atoms with E-state index in [1.165, 1.54) is 4.57 Å². The first-order valence-corrected chi connectivity index (χ1v) is 8.80. The molecule has 2 unspecified atom stereocenters. The van der Waals surface area contributed by atoms with Crippen molar-refractivity contribution >= 4 is 39.2 Å². The Hall–Kier alpha value is -1.00. The van der Waals surface area contributed by atoms with Crippen molar-refractivity contribution in [1.29, 1.82) is 0 Å². The summed E-state index contributed by atoms with van der Waals surface area (Å²) in [6.45, 7) is 0.522. The number of hydrogen-bond acceptors (Lipinski definition) is 3. The number of alkyl halides is 3. The van der Waals surface area contributed by atoms with Gasteiger partial charge in [-0.05, 0) is 54.3 Å². The van der Waals surface area contributed by atoms with E-state index in [0.717, 1.165) is 17.6 Å². The van der Waals surface area contributed by atoms with Gasteiger partial charge in [0.05, 0.1) is 21.4 Å². The molecule has 2 aromatic rings. The molecule has 1 aliphatic rings. The van der Waals surface area contributed by atoms with Crippen LogP contribution in [0.2, 0.25) is 0 Å². The highest BCUT2D eigenvalue weighted by Gasteiger charge is 2.30. The number of likely N-dealkylation sites (tertiary alicyclic amines) is 1. The minimum absolute atomic E-state index is 0.141. The number of anilines is 1. The number of hydrogen-bond donors (Lipinski definition) is 2. The van der Waals surface area contributed by atoms with E-state index in [0.29, 0.717) is 22.2 Å². The molecule has 1 aromatic carbocycles. The maximum Gasteiger partial charge on any atom is 0.406 e. The summed E-state index contributed by atoms with van der Waals surface area (Å²) in [5.74, 6) is 0. The van der Waals surface area contributed by atoms with Gasteiger partial charge >= 0.3 is 6.18 Å². The molecule has 1 saturated heterocycles. The Morgan fingerprint density at radius 2 is 2.12 bits per heavy atom. The van der Waals surface area contributed by atoms with Gasteiger partial charge in [0.1, 0.15) is 6.54 Å². The molecule has 1 fully saturated rings. The van der Waals surface area contributed by atoms with Crippen molar-refractivity contribution in [3.63, 3.8) is 0 Å². The van der Waals surface area contributed by atoms with Crippen LogP contribution in [0.1, 0.15) is 6.42 Å². The number of aliphatic hydroxyl groups excluding tert-OH is 1. The van der Waals surface area contributed by atoms with Crippen molar-refractivity contribution in [3.05, 3.63) is 28.0 Å². The van der Waals surface area contributed by atoms with Crippen LogP contribution in [0.15, 0.2) is 24.3 Å². The summed E-state index contributed by atoms with van der Waals surface area (Å²) >= 11 is 1.93. The Kier molecular flexibility index (Phi) is 4.99. The smallest absolute Gasteiger partial charge is 0.391 e. The molecule has 0 amide bonds.